The maximum absolute atomic E-state index is 5.26. The number of benzene rings is 6. The van der Waals surface area contributed by atoms with Crippen molar-refractivity contribution in [2.75, 3.05) is 0 Å². The first kappa shape index (κ1) is 22.7. The van der Waals surface area contributed by atoms with Crippen LogP contribution in [0.3, 0.4) is 0 Å². The van der Waals surface area contributed by atoms with Crippen LogP contribution >= 0.6 is 0 Å². The van der Waals surface area contributed by atoms with Gasteiger partial charge in [0.25, 0.3) is 0 Å². The van der Waals surface area contributed by atoms with Gasteiger partial charge in [-0.1, -0.05) is 133 Å². The molecule has 0 spiro atoms. The third kappa shape index (κ3) is 3.47. The Labute approximate surface area is 233 Å². The zero-order valence-electron chi connectivity index (χ0n) is 22.0. The monoisotopic (exact) mass is 510 g/mol. The Morgan fingerprint density at radius 2 is 0.800 bits per heavy atom. The Kier molecular flexibility index (Phi) is 5.24. The molecule has 0 radical (unpaired) electrons. The van der Waals surface area contributed by atoms with Gasteiger partial charge in [-0.15, -0.1) is 0 Å². The van der Waals surface area contributed by atoms with Crippen LogP contribution in [0.5, 0.6) is 0 Å². The Morgan fingerprint density at radius 3 is 1.32 bits per heavy atom. The molecule has 1 aliphatic rings. The summed E-state index contributed by atoms with van der Waals surface area (Å²) in [6.07, 6.45) is 0. The Hall–Kier alpha value is -5.21. The SMILES string of the molecule is c1ccc(-c2c3c(c(-c4ccccc4)c(-c4ccccc4)c2-c2ccccc2)-c2nc4ccccc4n2C3)cc1. The summed E-state index contributed by atoms with van der Waals surface area (Å²) in [5.41, 5.74) is 14.7. The summed E-state index contributed by atoms with van der Waals surface area (Å²) in [5.74, 6) is 1.05. The number of aromatic nitrogens is 2. The molecule has 2 nitrogen and oxygen atoms in total. The largest absolute Gasteiger partial charge is 0.319 e. The normalized spacial score (nSPS) is 11.9. The molecule has 7 aromatic rings. The van der Waals surface area contributed by atoms with Crippen LogP contribution in [0.15, 0.2) is 146 Å². The quantitative estimate of drug-likeness (QED) is 0.230. The number of nitrogens with zero attached hydrogens (tertiary/aromatic N) is 2. The molecule has 1 aromatic heterocycles. The van der Waals surface area contributed by atoms with E-state index in [1.165, 1.54) is 61.2 Å². The molecule has 0 aliphatic carbocycles. The van der Waals surface area contributed by atoms with Crippen molar-refractivity contribution in [3.05, 3.63) is 151 Å². The molecule has 0 amide bonds. The minimum absolute atomic E-state index is 0.782. The lowest BCUT2D eigenvalue weighted by Gasteiger charge is -2.25. The number of hydrogen-bond donors (Lipinski definition) is 0. The molecule has 40 heavy (non-hydrogen) atoms. The lowest BCUT2D eigenvalue weighted by molar-refractivity contribution is 0.880. The van der Waals surface area contributed by atoms with Crippen molar-refractivity contribution in [3.63, 3.8) is 0 Å². The van der Waals surface area contributed by atoms with E-state index in [2.05, 4.69) is 150 Å². The van der Waals surface area contributed by atoms with Crippen molar-refractivity contribution in [1.29, 1.82) is 0 Å². The first-order chi connectivity index (χ1) is 19.9. The number of fused-ring (bicyclic) bond motifs is 5. The van der Waals surface area contributed by atoms with Crippen molar-refractivity contribution < 1.29 is 0 Å². The highest BCUT2D eigenvalue weighted by Crippen LogP contribution is 2.55. The van der Waals surface area contributed by atoms with Crippen molar-refractivity contribution >= 4 is 11.0 Å². The van der Waals surface area contributed by atoms with Gasteiger partial charge in [0.2, 0.25) is 0 Å². The Bertz CT molecular complexity index is 1990. The van der Waals surface area contributed by atoms with Gasteiger partial charge in [-0.25, -0.2) is 4.98 Å². The zero-order valence-corrected chi connectivity index (χ0v) is 22.0. The van der Waals surface area contributed by atoms with Gasteiger partial charge < -0.3 is 4.57 Å². The molecule has 0 atom stereocenters. The summed E-state index contributed by atoms with van der Waals surface area (Å²) in [4.78, 5) is 5.26. The average molecular weight is 511 g/mol. The molecule has 8 rings (SSSR count). The molecule has 6 aromatic carbocycles. The lowest BCUT2D eigenvalue weighted by Crippen LogP contribution is -2.01. The molecule has 0 saturated carbocycles. The molecule has 2 heteroatoms. The molecule has 0 saturated heterocycles. The second kappa shape index (κ2) is 9.21. The maximum Gasteiger partial charge on any atom is 0.142 e. The smallest absolute Gasteiger partial charge is 0.142 e. The van der Waals surface area contributed by atoms with Crippen molar-refractivity contribution in [1.82, 2.24) is 9.55 Å². The van der Waals surface area contributed by atoms with E-state index >= 15 is 0 Å². The lowest BCUT2D eigenvalue weighted by atomic mass is 9.77. The van der Waals surface area contributed by atoms with Crippen LogP contribution < -0.4 is 0 Å². The third-order valence-electron chi connectivity index (χ3n) is 8.05. The highest BCUT2D eigenvalue weighted by atomic mass is 15.1. The molecular weight excluding hydrogens is 484 g/mol. The summed E-state index contributed by atoms with van der Waals surface area (Å²) >= 11 is 0. The van der Waals surface area contributed by atoms with Gasteiger partial charge in [-0.3, -0.25) is 0 Å². The predicted octanol–water partition coefficient (Wildman–Crippen LogP) is 9.73. The Balaban J connectivity index is 1.63. The average Bonchev–Trinajstić information content (AvgIpc) is 3.58. The molecular formula is C38H26N2. The number of hydrogen-bond acceptors (Lipinski definition) is 1. The molecule has 1 aliphatic heterocycles. The van der Waals surface area contributed by atoms with Gasteiger partial charge in [-0.2, -0.15) is 0 Å². The second-order valence-corrected chi connectivity index (χ2v) is 10.3. The predicted molar refractivity (Wildman–Crippen MR) is 166 cm³/mol. The van der Waals surface area contributed by atoms with E-state index in [9.17, 15) is 0 Å². The fourth-order valence-electron chi connectivity index (χ4n) is 6.40. The highest BCUT2D eigenvalue weighted by Gasteiger charge is 2.34. The molecule has 2 heterocycles. The Morgan fingerprint density at radius 1 is 0.400 bits per heavy atom. The van der Waals surface area contributed by atoms with E-state index in [-0.39, 0.29) is 0 Å². The highest BCUT2D eigenvalue weighted by molar-refractivity contribution is 6.10. The molecule has 0 N–H and O–H groups in total. The topological polar surface area (TPSA) is 17.8 Å². The van der Waals surface area contributed by atoms with Crippen LogP contribution in [-0.2, 0) is 6.54 Å². The first-order valence-corrected chi connectivity index (χ1v) is 13.8. The van der Waals surface area contributed by atoms with E-state index in [4.69, 9.17) is 4.98 Å². The third-order valence-corrected chi connectivity index (χ3v) is 8.05. The molecule has 188 valence electrons. The van der Waals surface area contributed by atoms with Crippen LogP contribution in [-0.4, -0.2) is 9.55 Å². The fourth-order valence-corrected chi connectivity index (χ4v) is 6.40. The summed E-state index contributed by atoms with van der Waals surface area (Å²) in [7, 11) is 0. The van der Waals surface area contributed by atoms with E-state index in [1.54, 1.807) is 0 Å². The van der Waals surface area contributed by atoms with Gasteiger partial charge >= 0.3 is 0 Å². The summed E-state index contributed by atoms with van der Waals surface area (Å²) in [5, 5.41) is 0. The minimum Gasteiger partial charge on any atom is -0.319 e. The number of para-hydroxylation sites is 2. The summed E-state index contributed by atoms with van der Waals surface area (Å²) in [6, 6.07) is 52.0. The standard InChI is InChI=1S/C38H26N2/c1-5-15-26(16-6-1)33-30-25-40-32-24-14-13-23-31(32)39-38(40)37(30)36(29-21-11-4-12-22-29)35(28-19-9-3-10-20-28)34(33)27-17-7-2-8-18-27/h1-24H,25H2. The van der Waals surface area contributed by atoms with Crippen LogP contribution in [0.1, 0.15) is 5.56 Å². The summed E-state index contributed by atoms with van der Waals surface area (Å²) < 4.78 is 2.41. The van der Waals surface area contributed by atoms with Crippen molar-refractivity contribution in [2.45, 2.75) is 6.54 Å². The fraction of sp³-hybridized carbons (Fsp3) is 0.0263. The van der Waals surface area contributed by atoms with Crippen LogP contribution in [0.25, 0.3) is 66.9 Å². The van der Waals surface area contributed by atoms with Crippen molar-refractivity contribution in [3.8, 4) is 55.9 Å². The van der Waals surface area contributed by atoms with Gasteiger partial charge in [0, 0.05) is 11.1 Å². The van der Waals surface area contributed by atoms with Gasteiger partial charge in [0.15, 0.2) is 0 Å². The van der Waals surface area contributed by atoms with Gasteiger partial charge in [0.05, 0.1) is 17.6 Å². The maximum atomic E-state index is 5.26. The number of rotatable bonds is 4. The summed E-state index contributed by atoms with van der Waals surface area (Å²) in [6.45, 7) is 0.782. The molecule has 0 fully saturated rings. The number of imidazole rings is 1. The zero-order chi connectivity index (χ0) is 26.5. The van der Waals surface area contributed by atoms with Crippen LogP contribution in [0.4, 0.5) is 0 Å². The second-order valence-electron chi connectivity index (χ2n) is 10.3. The van der Waals surface area contributed by atoms with E-state index in [0.29, 0.717) is 0 Å². The van der Waals surface area contributed by atoms with Crippen molar-refractivity contribution in [2.24, 2.45) is 0 Å². The molecule has 0 unspecified atom stereocenters. The van der Waals surface area contributed by atoms with E-state index in [1.807, 2.05) is 0 Å². The first-order valence-electron chi connectivity index (χ1n) is 13.8. The van der Waals surface area contributed by atoms with Crippen LogP contribution in [0.2, 0.25) is 0 Å². The van der Waals surface area contributed by atoms with Crippen LogP contribution in [0, 0.1) is 0 Å². The van der Waals surface area contributed by atoms with Gasteiger partial charge in [0.1, 0.15) is 5.82 Å². The van der Waals surface area contributed by atoms with Gasteiger partial charge in [-0.05, 0) is 56.6 Å². The molecule has 0 bridgehead atoms. The van der Waals surface area contributed by atoms with E-state index in [0.717, 1.165) is 17.9 Å². The minimum atomic E-state index is 0.782. The van der Waals surface area contributed by atoms with E-state index < -0.39 is 0 Å².